The molecule has 3 heterocycles. The third-order valence-corrected chi connectivity index (χ3v) is 5.16. The predicted octanol–water partition coefficient (Wildman–Crippen LogP) is 3.64. The van der Waals surface area contributed by atoms with Crippen molar-refractivity contribution in [2.24, 2.45) is 7.05 Å². The number of thiophene rings is 1. The lowest BCUT2D eigenvalue weighted by Gasteiger charge is -2.06. The Labute approximate surface area is 147 Å². The highest BCUT2D eigenvalue weighted by molar-refractivity contribution is 7.21. The molecule has 0 atom stereocenters. The predicted molar refractivity (Wildman–Crippen MR) is 98.6 cm³/mol. The van der Waals surface area contributed by atoms with Gasteiger partial charge in [-0.05, 0) is 22.8 Å². The number of carbonyl (C=O) groups is 1. The number of nitrogens with two attached hydrogens (primary N) is 1. The normalized spacial score (nSPS) is 11.1. The number of pyridine rings is 1. The summed E-state index contributed by atoms with van der Waals surface area (Å²) in [7, 11) is 1.88. The molecule has 0 aliphatic rings. The van der Waals surface area contributed by atoms with Gasteiger partial charge in [-0.25, -0.2) is 9.78 Å². The Kier molecular flexibility index (Phi) is 3.51. The minimum Gasteiger partial charge on any atom is -0.477 e. The van der Waals surface area contributed by atoms with E-state index in [0.29, 0.717) is 10.2 Å². The van der Waals surface area contributed by atoms with Crippen LogP contribution in [0.15, 0.2) is 48.9 Å². The van der Waals surface area contributed by atoms with Gasteiger partial charge in [0.25, 0.3) is 0 Å². The summed E-state index contributed by atoms with van der Waals surface area (Å²) < 4.78 is 1.76. The van der Waals surface area contributed by atoms with Gasteiger partial charge in [-0.2, -0.15) is 5.10 Å². The first kappa shape index (κ1) is 15.3. The molecular formula is C18H14N4O2S. The first-order valence-corrected chi connectivity index (χ1v) is 8.36. The highest BCUT2D eigenvalue weighted by atomic mass is 32.1. The molecule has 0 radical (unpaired) electrons. The van der Waals surface area contributed by atoms with E-state index in [2.05, 4.69) is 10.1 Å². The Morgan fingerprint density at radius 3 is 2.52 bits per heavy atom. The first-order valence-electron chi connectivity index (χ1n) is 7.54. The second-order valence-corrected chi connectivity index (χ2v) is 6.67. The number of carboxylic acid groups (broad SMARTS) is 1. The van der Waals surface area contributed by atoms with Gasteiger partial charge in [-0.1, -0.05) is 24.3 Å². The monoisotopic (exact) mass is 350 g/mol. The summed E-state index contributed by atoms with van der Waals surface area (Å²) in [6.45, 7) is 0. The van der Waals surface area contributed by atoms with Crippen molar-refractivity contribution >= 4 is 33.2 Å². The molecule has 25 heavy (non-hydrogen) atoms. The standard InChI is InChI=1S/C18H14N4O2S/c1-22-9-12(8-21-22)10-2-4-11(5-3-10)13-6-7-20-17-14(13)15(19)16(25-17)18(23)24/h2-9H,19H2,1H3,(H,23,24). The van der Waals surface area contributed by atoms with Gasteiger partial charge in [-0.3, -0.25) is 4.68 Å². The number of hydrogen-bond acceptors (Lipinski definition) is 5. The van der Waals surface area contributed by atoms with Crippen molar-refractivity contribution in [3.63, 3.8) is 0 Å². The summed E-state index contributed by atoms with van der Waals surface area (Å²) in [5.41, 5.74) is 10.3. The molecule has 3 aromatic heterocycles. The van der Waals surface area contributed by atoms with Crippen LogP contribution in [0, 0.1) is 0 Å². The van der Waals surface area contributed by atoms with E-state index in [1.165, 1.54) is 0 Å². The van der Waals surface area contributed by atoms with Crippen molar-refractivity contribution in [3.8, 4) is 22.3 Å². The molecule has 0 saturated heterocycles. The molecule has 0 saturated carbocycles. The van der Waals surface area contributed by atoms with E-state index in [9.17, 15) is 9.90 Å². The lowest BCUT2D eigenvalue weighted by Crippen LogP contribution is -1.97. The third kappa shape index (κ3) is 2.54. The number of anilines is 1. The van der Waals surface area contributed by atoms with Gasteiger partial charge in [0.15, 0.2) is 0 Å². The molecule has 0 aliphatic heterocycles. The van der Waals surface area contributed by atoms with Crippen LogP contribution in [-0.2, 0) is 7.05 Å². The highest BCUT2D eigenvalue weighted by Gasteiger charge is 2.19. The van der Waals surface area contributed by atoms with Gasteiger partial charge in [0, 0.05) is 30.4 Å². The molecule has 6 nitrogen and oxygen atoms in total. The van der Waals surface area contributed by atoms with E-state index < -0.39 is 5.97 Å². The van der Waals surface area contributed by atoms with E-state index in [4.69, 9.17) is 5.73 Å². The number of carboxylic acids is 1. The van der Waals surface area contributed by atoms with Crippen LogP contribution in [0.2, 0.25) is 0 Å². The van der Waals surface area contributed by atoms with E-state index in [1.54, 1.807) is 10.9 Å². The van der Waals surface area contributed by atoms with Crippen LogP contribution in [0.4, 0.5) is 5.69 Å². The van der Waals surface area contributed by atoms with Gasteiger partial charge < -0.3 is 10.8 Å². The summed E-state index contributed by atoms with van der Waals surface area (Å²) in [4.78, 5) is 16.4. The quantitative estimate of drug-likeness (QED) is 0.588. The second-order valence-electron chi connectivity index (χ2n) is 5.67. The zero-order valence-corrected chi connectivity index (χ0v) is 14.1. The molecule has 4 rings (SSSR count). The zero-order valence-electron chi connectivity index (χ0n) is 13.3. The Hall–Kier alpha value is -3.19. The topological polar surface area (TPSA) is 94.0 Å². The van der Waals surface area contributed by atoms with Crippen molar-refractivity contribution in [3.05, 3.63) is 53.8 Å². The van der Waals surface area contributed by atoms with E-state index in [-0.39, 0.29) is 10.6 Å². The lowest BCUT2D eigenvalue weighted by atomic mass is 10.00. The largest absolute Gasteiger partial charge is 0.477 e. The molecule has 0 unspecified atom stereocenters. The summed E-state index contributed by atoms with van der Waals surface area (Å²) >= 11 is 1.10. The second kappa shape index (κ2) is 5.71. The highest BCUT2D eigenvalue weighted by Crippen LogP contribution is 2.39. The maximum atomic E-state index is 11.3. The van der Waals surface area contributed by atoms with Crippen molar-refractivity contribution in [1.82, 2.24) is 14.8 Å². The Bertz CT molecular complexity index is 1100. The minimum absolute atomic E-state index is 0.127. The summed E-state index contributed by atoms with van der Waals surface area (Å²) in [5.74, 6) is -1.03. The fourth-order valence-corrected chi connectivity index (χ4v) is 3.79. The van der Waals surface area contributed by atoms with Crippen molar-refractivity contribution in [2.45, 2.75) is 0 Å². The maximum Gasteiger partial charge on any atom is 0.348 e. The van der Waals surface area contributed by atoms with E-state index in [0.717, 1.165) is 33.6 Å². The number of fused-ring (bicyclic) bond motifs is 1. The van der Waals surface area contributed by atoms with Crippen LogP contribution < -0.4 is 5.73 Å². The molecule has 0 aliphatic carbocycles. The van der Waals surface area contributed by atoms with Crippen molar-refractivity contribution in [2.75, 3.05) is 5.73 Å². The van der Waals surface area contributed by atoms with Gasteiger partial charge in [0.05, 0.1) is 11.9 Å². The number of hydrogen-bond donors (Lipinski definition) is 2. The van der Waals surface area contributed by atoms with Crippen molar-refractivity contribution < 1.29 is 9.90 Å². The number of aromatic carboxylic acids is 1. The maximum absolute atomic E-state index is 11.3. The van der Waals surface area contributed by atoms with Crippen LogP contribution in [0.5, 0.6) is 0 Å². The molecule has 1 aromatic carbocycles. The smallest absolute Gasteiger partial charge is 0.348 e. The van der Waals surface area contributed by atoms with Crippen LogP contribution in [-0.4, -0.2) is 25.8 Å². The summed E-state index contributed by atoms with van der Waals surface area (Å²) in [6, 6.07) is 9.87. The fourth-order valence-electron chi connectivity index (χ4n) is 2.86. The van der Waals surface area contributed by atoms with Crippen LogP contribution in [0.25, 0.3) is 32.5 Å². The molecule has 0 bridgehead atoms. The molecule has 124 valence electrons. The lowest BCUT2D eigenvalue weighted by molar-refractivity contribution is 0.0703. The Balaban J connectivity index is 1.83. The number of rotatable bonds is 3. The molecule has 0 amide bonds. The van der Waals surface area contributed by atoms with Crippen LogP contribution >= 0.6 is 11.3 Å². The van der Waals surface area contributed by atoms with Gasteiger partial charge >= 0.3 is 5.97 Å². The van der Waals surface area contributed by atoms with E-state index in [1.807, 2.05) is 49.8 Å². The molecule has 4 aromatic rings. The van der Waals surface area contributed by atoms with Gasteiger partial charge in [0.2, 0.25) is 0 Å². The van der Waals surface area contributed by atoms with Crippen LogP contribution in [0.1, 0.15) is 9.67 Å². The summed E-state index contributed by atoms with van der Waals surface area (Å²) in [5, 5.41) is 14.2. The molecule has 3 N–H and O–H groups in total. The van der Waals surface area contributed by atoms with E-state index >= 15 is 0 Å². The molecule has 7 heteroatoms. The van der Waals surface area contributed by atoms with Crippen molar-refractivity contribution in [1.29, 1.82) is 0 Å². The number of aromatic nitrogens is 3. The zero-order chi connectivity index (χ0) is 17.6. The Morgan fingerprint density at radius 2 is 1.88 bits per heavy atom. The molecular weight excluding hydrogens is 336 g/mol. The first-order chi connectivity index (χ1) is 12.0. The number of nitrogens with zero attached hydrogens (tertiary/aromatic N) is 3. The van der Waals surface area contributed by atoms with Gasteiger partial charge in [0.1, 0.15) is 9.71 Å². The van der Waals surface area contributed by atoms with Gasteiger partial charge in [-0.15, -0.1) is 11.3 Å². The number of benzene rings is 1. The Morgan fingerprint density at radius 1 is 1.16 bits per heavy atom. The molecule has 0 spiro atoms. The molecule has 0 fully saturated rings. The van der Waals surface area contributed by atoms with Crippen LogP contribution in [0.3, 0.4) is 0 Å². The number of nitrogen functional groups attached to an aromatic ring is 1. The third-order valence-electron chi connectivity index (χ3n) is 4.06. The minimum atomic E-state index is -1.03. The fraction of sp³-hybridized carbons (Fsp3) is 0.0556. The summed E-state index contributed by atoms with van der Waals surface area (Å²) in [6.07, 6.45) is 5.44. The SMILES string of the molecule is Cn1cc(-c2ccc(-c3ccnc4sc(C(=O)O)c(N)c34)cc2)cn1. The number of aryl methyl sites for hydroxylation is 1. The average molecular weight is 350 g/mol. The average Bonchev–Trinajstić information content (AvgIpc) is 3.19.